The zero-order chi connectivity index (χ0) is 9.19. The van der Waals surface area contributed by atoms with E-state index in [1.165, 1.54) is 0 Å². The molecular weight excluding hydrogens is 170 g/mol. The molecule has 12 heavy (non-hydrogen) atoms. The van der Waals surface area contributed by atoms with Gasteiger partial charge in [-0.25, -0.2) is 0 Å². The van der Waals surface area contributed by atoms with Gasteiger partial charge in [-0.05, 0) is 19.3 Å². The van der Waals surface area contributed by atoms with E-state index in [9.17, 15) is 18.0 Å². The van der Waals surface area contributed by atoms with Crippen LogP contribution in [0.5, 0.6) is 0 Å². The van der Waals surface area contributed by atoms with Gasteiger partial charge in [-0.15, -0.1) is 0 Å². The van der Waals surface area contributed by atoms with Gasteiger partial charge in [0.2, 0.25) is 0 Å². The maximum absolute atomic E-state index is 11.8. The summed E-state index contributed by atoms with van der Waals surface area (Å²) in [6, 6.07) is 0. The van der Waals surface area contributed by atoms with E-state index in [0.717, 1.165) is 11.3 Å². The number of carbonyl (C=O) groups excluding carboxylic acids is 1. The second kappa shape index (κ2) is 3.33. The Kier molecular flexibility index (Phi) is 2.59. The van der Waals surface area contributed by atoms with Gasteiger partial charge in [0.05, 0.1) is 0 Å². The maximum Gasteiger partial charge on any atom is 0.471 e. The number of amides is 1. The predicted octanol–water partition coefficient (Wildman–Crippen LogP) is 1.56. The summed E-state index contributed by atoms with van der Waals surface area (Å²) in [6.07, 6.45) is -2.41. The lowest BCUT2D eigenvalue weighted by Crippen LogP contribution is -2.43. The third-order valence-electron chi connectivity index (χ3n) is 1.89. The van der Waals surface area contributed by atoms with Crippen LogP contribution < -0.4 is 0 Å². The molecule has 0 aromatic rings. The van der Waals surface area contributed by atoms with Gasteiger partial charge in [0.15, 0.2) is 0 Å². The Balaban J connectivity index is 2.51. The third-order valence-corrected chi connectivity index (χ3v) is 1.89. The first-order valence-electron chi connectivity index (χ1n) is 3.88. The Morgan fingerprint density at radius 1 is 1.08 bits per heavy atom. The number of alkyl halides is 3. The number of hydrogen-bond donors (Lipinski definition) is 0. The van der Waals surface area contributed by atoms with Gasteiger partial charge in [-0.2, -0.15) is 13.2 Å². The molecule has 1 fully saturated rings. The highest BCUT2D eigenvalue weighted by Crippen LogP contribution is 2.20. The maximum atomic E-state index is 11.8. The molecule has 0 N–H and O–H groups in total. The van der Waals surface area contributed by atoms with E-state index in [-0.39, 0.29) is 13.1 Å². The number of carbonyl (C=O) groups is 1. The number of likely N-dealkylation sites (tertiary alicyclic amines) is 1. The van der Waals surface area contributed by atoms with Crippen molar-refractivity contribution in [3.63, 3.8) is 0 Å². The first-order chi connectivity index (χ1) is 5.52. The number of rotatable bonds is 0. The molecule has 0 bridgehead atoms. The van der Waals surface area contributed by atoms with E-state index in [1.54, 1.807) is 0 Å². The Bertz CT molecular complexity index is 172. The summed E-state index contributed by atoms with van der Waals surface area (Å²) in [6.45, 7) is 0.497. The molecule has 1 amide bonds. The van der Waals surface area contributed by atoms with E-state index < -0.39 is 12.1 Å². The van der Waals surface area contributed by atoms with Crippen molar-refractivity contribution in [2.24, 2.45) is 0 Å². The van der Waals surface area contributed by atoms with Crippen LogP contribution in [0.25, 0.3) is 0 Å². The lowest BCUT2D eigenvalue weighted by Gasteiger charge is -2.27. The van der Waals surface area contributed by atoms with E-state index in [0.29, 0.717) is 12.8 Å². The molecule has 2 nitrogen and oxygen atoms in total. The van der Waals surface area contributed by atoms with Gasteiger partial charge < -0.3 is 4.90 Å². The van der Waals surface area contributed by atoms with Gasteiger partial charge in [-0.1, -0.05) is 0 Å². The van der Waals surface area contributed by atoms with Crippen molar-refractivity contribution in [3.8, 4) is 0 Å². The van der Waals surface area contributed by atoms with Crippen molar-refractivity contribution in [1.82, 2.24) is 4.90 Å². The zero-order valence-corrected chi connectivity index (χ0v) is 6.52. The minimum Gasteiger partial charge on any atom is -0.335 e. The van der Waals surface area contributed by atoms with Crippen LogP contribution in [0.4, 0.5) is 13.2 Å². The first-order valence-corrected chi connectivity index (χ1v) is 3.88. The predicted molar refractivity (Wildman–Crippen MR) is 36.5 cm³/mol. The minimum atomic E-state index is -4.70. The number of nitrogens with zero attached hydrogens (tertiary/aromatic N) is 1. The Morgan fingerprint density at radius 3 is 2.00 bits per heavy atom. The number of halogens is 3. The van der Waals surface area contributed by atoms with Gasteiger partial charge in [0.25, 0.3) is 0 Å². The second-order valence-corrected chi connectivity index (χ2v) is 2.85. The molecule has 70 valence electrons. The van der Waals surface area contributed by atoms with Crippen LogP contribution in [0.1, 0.15) is 19.3 Å². The van der Waals surface area contributed by atoms with Crippen LogP contribution in [0.15, 0.2) is 0 Å². The fraction of sp³-hybridized carbons (Fsp3) is 0.857. The first kappa shape index (κ1) is 9.35. The van der Waals surface area contributed by atoms with Crippen LogP contribution in [-0.2, 0) is 4.79 Å². The average molecular weight is 180 g/mol. The third kappa shape index (κ3) is 2.12. The van der Waals surface area contributed by atoms with Crippen LogP contribution in [0.3, 0.4) is 0 Å². The van der Waals surface area contributed by atoms with Crippen molar-refractivity contribution in [3.05, 3.63) is 0 Å². The standard InChI is InChI=1S/C7H10F3NO/c8-7(9,10)6(12)11-4-2-1-3-5-11/h1-5H2/i8-1. The smallest absolute Gasteiger partial charge is 0.335 e. The summed E-state index contributed by atoms with van der Waals surface area (Å²) >= 11 is 0. The van der Waals surface area contributed by atoms with Gasteiger partial charge in [0.1, 0.15) is 0 Å². The van der Waals surface area contributed by atoms with E-state index >= 15 is 0 Å². The van der Waals surface area contributed by atoms with Crippen LogP contribution >= 0.6 is 0 Å². The summed E-state index contributed by atoms with van der Waals surface area (Å²) in [7, 11) is 0. The summed E-state index contributed by atoms with van der Waals surface area (Å²) in [4.78, 5) is 11.5. The lowest BCUT2D eigenvalue weighted by molar-refractivity contribution is -0.186. The summed E-state index contributed by atoms with van der Waals surface area (Å²) in [5, 5.41) is 0. The van der Waals surface area contributed by atoms with Gasteiger partial charge >= 0.3 is 12.1 Å². The molecule has 1 heterocycles. The molecule has 0 saturated carbocycles. The fourth-order valence-electron chi connectivity index (χ4n) is 1.28. The molecule has 0 aliphatic carbocycles. The molecule has 1 aliphatic rings. The second-order valence-electron chi connectivity index (χ2n) is 2.85. The molecule has 0 radical (unpaired) electrons. The average Bonchev–Trinajstić information content (AvgIpc) is 2.03. The van der Waals surface area contributed by atoms with Gasteiger partial charge in [-0.3, -0.25) is 4.79 Å². The quantitative estimate of drug-likeness (QED) is 0.554. The highest BCUT2D eigenvalue weighted by Gasteiger charge is 2.42. The largest absolute Gasteiger partial charge is 0.471 e. The highest BCUT2D eigenvalue weighted by atomic mass is 19.3. The molecule has 0 aromatic heterocycles. The molecule has 1 rings (SSSR count). The molecule has 0 atom stereocenters. The van der Waals surface area contributed by atoms with Crippen LogP contribution in [0, 0.1) is 0 Å². The van der Waals surface area contributed by atoms with Crippen LogP contribution in [0.2, 0.25) is 0 Å². The monoisotopic (exact) mass is 180 g/mol. The molecule has 0 aromatic carbocycles. The summed E-state index contributed by atoms with van der Waals surface area (Å²) in [5.74, 6) is -1.69. The molecule has 0 spiro atoms. The van der Waals surface area contributed by atoms with Crippen LogP contribution in [-0.4, -0.2) is 30.1 Å². The van der Waals surface area contributed by atoms with Crippen molar-refractivity contribution in [2.45, 2.75) is 25.4 Å². The normalized spacial score (nSPS) is 19.4. The van der Waals surface area contributed by atoms with E-state index in [4.69, 9.17) is 0 Å². The van der Waals surface area contributed by atoms with E-state index in [1.807, 2.05) is 0 Å². The zero-order valence-electron chi connectivity index (χ0n) is 6.52. The molecular formula is C7H10F3NO. The summed E-state index contributed by atoms with van der Waals surface area (Å²) < 4.78 is 35.5. The van der Waals surface area contributed by atoms with Gasteiger partial charge in [0, 0.05) is 13.1 Å². The highest BCUT2D eigenvalue weighted by molar-refractivity contribution is 5.81. The molecule has 1 saturated heterocycles. The molecule has 0 unspecified atom stereocenters. The van der Waals surface area contributed by atoms with Crippen molar-refractivity contribution in [2.75, 3.05) is 13.1 Å². The number of hydrogen-bond acceptors (Lipinski definition) is 1. The SMILES string of the molecule is O=C(N1CCCCC1)C(F)(F)[18F]. The van der Waals surface area contributed by atoms with Crippen molar-refractivity contribution in [1.29, 1.82) is 0 Å². The van der Waals surface area contributed by atoms with E-state index in [2.05, 4.69) is 0 Å². The number of piperidine rings is 1. The Hall–Kier alpha value is -0.740. The summed E-state index contributed by atoms with van der Waals surface area (Å²) in [5.41, 5.74) is 0. The lowest BCUT2D eigenvalue weighted by atomic mass is 10.1. The fourth-order valence-corrected chi connectivity index (χ4v) is 1.28. The molecule has 1 aliphatic heterocycles. The Labute approximate surface area is 68.3 Å². The Morgan fingerprint density at radius 2 is 1.58 bits per heavy atom. The minimum absolute atomic E-state index is 0.248. The molecule has 5 heteroatoms. The topological polar surface area (TPSA) is 20.3 Å². The van der Waals surface area contributed by atoms with Crippen molar-refractivity contribution < 1.29 is 18.0 Å². The van der Waals surface area contributed by atoms with Crippen molar-refractivity contribution >= 4 is 5.91 Å².